The van der Waals surface area contributed by atoms with Gasteiger partial charge >= 0.3 is 0 Å². The van der Waals surface area contributed by atoms with Crippen molar-refractivity contribution in [3.63, 3.8) is 0 Å². The first-order valence-corrected chi connectivity index (χ1v) is 6.63. The maximum Gasteiger partial charge on any atom is 0.158 e. The molecule has 1 heterocycles. The lowest BCUT2D eigenvalue weighted by Gasteiger charge is -2.15. The van der Waals surface area contributed by atoms with Gasteiger partial charge in [0.05, 0.1) is 0 Å². The van der Waals surface area contributed by atoms with Gasteiger partial charge in [-0.05, 0) is 32.6 Å². The highest BCUT2D eigenvalue weighted by atomic mass is 16.5. The molecule has 1 unspecified atom stereocenters. The van der Waals surface area contributed by atoms with Gasteiger partial charge in [-0.25, -0.2) is 9.97 Å². The highest BCUT2D eigenvalue weighted by molar-refractivity contribution is 5.47. The number of rotatable bonds is 7. The van der Waals surface area contributed by atoms with Gasteiger partial charge in [-0.1, -0.05) is 0 Å². The second kappa shape index (κ2) is 6.00. The lowest BCUT2D eigenvalue weighted by molar-refractivity contribution is 0.128. The molecule has 0 spiro atoms. The number of nitrogens with zero attached hydrogens (tertiary/aromatic N) is 2. The van der Waals surface area contributed by atoms with Crippen LogP contribution in [0.1, 0.15) is 32.5 Å². The molecule has 100 valence electrons. The molecule has 2 N–H and O–H groups in total. The fourth-order valence-corrected chi connectivity index (χ4v) is 1.90. The number of aromatic nitrogens is 2. The van der Waals surface area contributed by atoms with Crippen LogP contribution >= 0.6 is 0 Å². The highest BCUT2D eigenvalue weighted by Crippen LogP contribution is 2.33. The molecule has 1 aromatic rings. The predicted octanol–water partition coefficient (Wildman–Crippen LogP) is 2.27. The van der Waals surface area contributed by atoms with Gasteiger partial charge in [0.1, 0.15) is 18.2 Å². The average molecular weight is 250 g/mol. The topological polar surface area (TPSA) is 59.1 Å². The molecule has 1 aliphatic rings. The fourth-order valence-electron chi connectivity index (χ4n) is 1.90. The maximum atomic E-state index is 5.36. The van der Waals surface area contributed by atoms with E-state index in [0.29, 0.717) is 25.1 Å². The summed E-state index contributed by atoms with van der Waals surface area (Å²) in [6.07, 6.45) is 2.65. The van der Waals surface area contributed by atoms with E-state index in [1.807, 2.05) is 20.0 Å². The Morgan fingerprint density at radius 2 is 2.11 bits per heavy atom. The molecule has 18 heavy (non-hydrogen) atoms. The van der Waals surface area contributed by atoms with E-state index in [9.17, 15) is 0 Å². The second-order valence-electron chi connectivity index (χ2n) is 4.71. The van der Waals surface area contributed by atoms with Gasteiger partial charge in [-0.3, -0.25) is 0 Å². The normalized spacial score (nSPS) is 16.4. The lowest BCUT2D eigenvalue weighted by Crippen LogP contribution is -2.19. The summed E-state index contributed by atoms with van der Waals surface area (Å²) in [6, 6.07) is 2.42. The number of ether oxygens (including phenoxy) is 1. The molecule has 0 aromatic carbocycles. The van der Waals surface area contributed by atoms with Crippen LogP contribution in [0.2, 0.25) is 0 Å². The minimum absolute atomic E-state index is 0.457. The van der Waals surface area contributed by atoms with Gasteiger partial charge in [0.25, 0.3) is 0 Å². The third-order valence-electron chi connectivity index (χ3n) is 3.17. The summed E-state index contributed by atoms with van der Waals surface area (Å²) in [5.41, 5.74) is 0. The van der Waals surface area contributed by atoms with Crippen LogP contribution in [0.3, 0.4) is 0 Å². The summed E-state index contributed by atoms with van der Waals surface area (Å²) in [6.45, 7) is 5.31. The van der Waals surface area contributed by atoms with Gasteiger partial charge < -0.3 is 15.4 Å². The Labute approximate surface area is 108 Å². The summed E-state index contributed by atoms with van der Waals surface area (Å²) < 4.78 is 5.36. The number of anilines is 2. The summed E-state index contributed by atoms with van der Waals surface area (Å²) in [7, 11) is 1.86. The van der Waals surface area contributed by atoms with E-state index >= 15 is 0 Å². The van der Waals surface area contributed by atoms with Crippen molar-refractivity contribution in [1.82, 2.24) is 9.97 Å². The van der Waals surface area contributed by atoms with E-state index in [0.717, 1.165) is 17.6 Å². The molecule has 1 aromatic heterocycles. The summed E-state index contributed by atoms with van der Waals surface area (Å²) in [5.74, 6) is 3.22. The van der Waals surface area contributed by atoms with Gasteiger partial charge in [0.2, 0.25) is 0 Å². The van der Waals surface area contributed by atoms with Gasteiger partial charge in [0.15, 0.2) is 5.82 Å². The molecule has 5 nitrogen and oxygen atoms in total. The Balaban J connectivity index is 2.06. The molecule has 0 aliphatic heterocycles. The molecule has 5 heteroatoms. The molecule has 0 amide bonds. The van der Waals surface area contributed by atoms with Crippen LogP contribution in [0.5, 0.6) is 0 Å². The largest absolute Gasteiger partial charge is 0.374 e. The average Bonchev–Trinajstić information content (AvgIpc) is 3.20. The van der Waals surface area contributed by atoms with Crippen molar-refractivity contribution < 1.29 is 4.74 Å². The molecule has 0 saturated heterocycles. The second-order valence-corrected chi connectivity index (χ2v) is 4.71. The van der Waals surface area contributed by atoms with Crippen LogP contribution in [0.25, 0.3) is 0 Å². The molecule has 2 rings (SSSR count). The van der Waals surface area contributed by atoms with Gasteiger partial charge in [0, 0.05) is 25.8 Å². The zero-order valence-corrected chi connectivity index (χ0v) is 11.4. The molecular formula is C13H22N4O. The van der Waals surface area contributed by atoms with Crippen LogP contribution < -0.4 is 10.6 Å². The smallest absolute Gasteiger partial charge is 0.158 e. The Morgan fingerprint density at radius 1 is 1.39 bits per heavy atom. The molecule has 0 bridgehead atoms. The summed E-state index contributed by atoms with van der Waals surface area (Å²) in [4.78, 5) is 8.85. The molecule has 1 fully saturated rings. The minimum atomic E-state index is 0.457. The monoisotopic (exact) mass is 250 g/mol. The zero-order chi connectivity index (χ0) is 13.0. The molecule has 1 saturated carbocycles. The van der Waals surface area contributed by atoms with Crippen LogP contribution in [-0.2, 0) is 11.3 Å². The van der Waals surface area contributed by atoms with Crippen molar-refractivity contribution >= 4 is 11.6 Å². The van der Waals surface area contributed by atoms with E-state index < -0.39 is 0 Å². The Kier molecular flexibility index (Phi) is 4.36. The molecule has 0 radical (unpaired) electrons. The van der Waals surface area contributed by atoms with Crippen molar-refractivity contribution in [3.05, 3.63) is 11.9 Å². The van der Waals surface area contributed by atoms with E-state index in [-0.39, 0.29) is 0 Å². The first kappa shape index (κ1) is 13.1. The SMILES string of the molecule is CCOCc1nc(NC)cc(NC(C)C2CC2)n1. The Bertz CT molecular complexity index is 393. The number of hydrogen-bond donors (Lipinski definition) is 2. The molecular weight excluding hydrogens is 228 g/mol. The van der Waals surface area contributed by atoms with Crippen LogP contribution in [0, 0.1) is 5.92 Å². The fraction of sp³-hybridized carbons (Fsp3) is 0.692. The first-order chi connectivity index (χ1) is 8.72. The quantitative estimate of drug-likeness (QED) is 0.777. The van der Waals surface area contributed by atoms with E-state index in [1.165, 1.54) is 12.8 Å². The number of hydrogen-bond acceptors (Lipinski definition) is 5. The third kappa shape index (κ3) is 3.57. The minimum Gasteiger partial charge on any atom is -0.374 e. The Morgan fingerprint density at radius 3 is 2.72 bits per heavy atom. The van der Waals surface area contributed by atoms with E-state index in [4.69, 9.17) is 4.74 Å². The van der Waals surface area contributed by atoms with Crippen LogP contribution in [-0.4, -0.2) is 29.7 Å². The van der Waals surface area contributed by atoms with Crippen LogP contribution in [0.15, 0.2) is 6.07 Å². The van der Waals surface area contributed by atoms with E-state index in [1.54, 1.807) is 0 Å². The summed E-state index contributed by atoms with van der Waals surface area (Å²) >= 11 is 0. The molecule has 1 aliphatic carbocycles. The standard InChI is InChI=1S/C13H22N4O/c1-4-18-8-13-16-11(14-3)7-12(17-13)15-9(2)10-5-6-10/h7,9-10H,4-6,8H2,1-3H3,(H2,14,15,16,17). The lowest BCUT2D eigenvalue weighted by atomic mass is 10.2. The highest BCUT2D eigenvalue weighted by Gasteiger charge is 2.28. The van der Waals surface area contributed by atoms with Crippen molar-refractivity contribution in [2.75, 3.05) is 24.3 Å². The van der Waals surface area contributed by atoms with Crippen molar-refractivity contribution in [3.8, 4) is 0 Å². The van der Waals surface area contributed by atoms with Gasteiger partial charge in [-0.2, -0.15) is 0 Å². The van der Waals surface area contributed by atoms with E-state index in [2.05, 4.69) is 27.5 Å². The third-order valence-corrected chi connectivity index (χ3v) is 3.17. The maximum absolute atomic E-state index is 5.36. The zero-order valence-electron chi connectivity index (χ0n) is 11.4. The van der Waals surface area contributed by atoms with Crippen molar-refractivity contribution in [1.29, 1.82) is 0 Å². The molecule has 1 atom stereocenters. The van der Waals surface area contributed by atoms with Crippen molar-refractivity contribution in [2.24, 2.45) is 5.92 Å². The number of nitrogens with one attached hydrogen (secondary N) is 2. The first-order valence-electron chi connectivity index (χ1n) is 6.63. The summed E-state index contributed by atoms with van der Waals surface area (Å²) in [5, 5.41) is 6.50. The van der Waals surface area contributed by atoms with Gasteiger partial charge in [-0.15, -0.1) is 0 Å². The van der Waals surface area contributed by atoms with Crippen LogP contribution in [0.4, 0.5) is 11.6 Å². The van der Waals surface area contributed by atoms with Crippen molar-refractivity contribution in [2.45, 2.75) is 39.3 Å². The predicted molar refractivity (Wildman–Crippen MR) is 72.7 cm³/mol. The Hall–Kier alpha value is -1.36.